The van der Waals surface area contributed by atoms with E-state index in [0.717, 1.165) is 17.3 Å². The fourth-order valence-corrected chi connectivity index (χ4v) is 2.80. The van der Waals surface area contributed by atoms with Crippen LogP contribution in [-0.2, 0) is 12.8 Å². The zero-order valence-corrected chi connectivity index (χ0v) is 13.6. The summed E-state index contributed by atoms with van der Waals surface area (Å²) >= 11 is 3.51. The van der Waals surface area contributed by atoms with Crippen molar-refractivity contribution >= 4 is 15.9 Å². The molecule has 3 N–H and O–H groups in total. The average Bonchev–Trinajstić information content (AvgIpc) is 2.42. The lowest BCUT2D eigenvalue weighted by molar-refractivity contribution is 0.522. The van der Waals surface area contributed by atoms with Gasteiger partial charge in [-0.05, 0) is 61.1 Å². The van der Waals surface area contributed by atoms with Gasteiger partial charge in [0.05, 0.1) is 0 Å². The Balaban J connectivity index is 2.07. The summed E-state index contributed by atoms with van der Waals surface area (Å²) in [5.41, 5.74) is 8.21. The van der Waals surface area contributed by atoms with E-state index in [0.29, 0.717) is 0 Å². The summed E-state index contributed by atoms with van der Waals surface area (Å²) in [4.78, 5) is 0. The van der Waals surface area contributed by atoms with Crippen LogP contribution in [0.15, 0.2) is 46.9 Å². The summed E-state index contributed by atoms with van der Waals surface area (Å²) in [7, 11) is 0. The van der Waals surface area contributed by atoms with Crippen LogP contribution >= 0.6 is 15.9 Å². The third-order valence-electron chi connectivity index (χ3n) is 3.66. The first kappa shape index (κ1) is 15.2. The molecule has 0 aliphatic rings. The van der Waals surface area contributed by atoms with Gasteiger partial charge in [0.25, 0.3) is 0 Å². The molecule has 0 amide bonds. The Bertz CT molecular complexity index is 581. The van der Waals surface area contributed by atoms with Crippen LogP contribution in [0.4, 0.5) is 0 Å². The fraction of sp³-hybridized carbons (Fsp3) is 0.294. The zero-order valence-electron chi connectivity index (χ0n) is 12.0. The summed E-state index contributed by atoms with van der Waals surface area (Å²) in [5, 5.41) is 0. The highest BCUT2D eigenvalue weighted by Gasteiger charge is 2.09. The van der Waals surface area contributed by atoms with Crippen molar-refractivity contribution in [3.63, 3.8) is 0 Å². The minimum Gasteiger partial charge on any atom is -0.271 e. The number of hydrogen-bond donors (Lipinski definition) is 2. The molecular formula is C17H21BrN2. The number of hydrazine groups is 1. The Hall–Kier alpha value is -1.16. The van der Waals surface area contributed by atoms with Crippen LogP contribution in [0.1, 0.15) is 22.3 Å². The van der Waals surface area contributed by atoms with Crippen molar-refractivity contribution in [1.82, 2.24) is 5.43 Å². The number of nitrogens with one attached hydrogen (secondary N) is 1. The minimum atomic E-state index is 0.242. The lowest BCUT2D eigenvalue weighted by atomic mass is 9.97. The molecule has 0 spiro atoms. The van der Waals surface area contributed by atoms with Gasteiger partial charge >= 0.3 is 0 Å². The molecule has 0 fully saturated rings. The quantitative estimate of drug-likeness (QED) is 0.647. The standard InChI is InChI=1S/C17H21BrN2/c1-12-6-7-15(8-13(12)2)11-17(20-19)10-14-4-3-5-16(18)9-14/h3-9,17,20H,10-11,19H2,1-2H3. The van der Waals surface area contributed by atoms with Gasteiger partial charge in [-0.25, -0.2) is 0 Å². The van der Waals surface area contributed by atoms with Crippen LogP contribution in [0.5, 0.6) is 0 Å². The molecule has 0 saturated heterocycles. The highest BCUT2D eigenvalue weighted by Crippen LogP contribution is 2.16. The molecule has 0 radical (unpaired) electrons. The molecule has 0 bridgehead atoms. The van der Waals surface area contributed by atoms with Crippen molar-refractivity contribution in [3.8, 4) is 0 Å². The van der Waals surface area contributed by atoms with E-state index >= 15 is 0 Å². The first-order valence-corrected chi connectivity index (χ1v) is 7.64. The Morgan fingerprint density at radius 1 is 1.00 bits per heavy atom. The average molecular weight is 333 g/mol. The van der Waals surface area contributed by atoms with Crippen LogP contribution in [0, 0.1) is 13.8 Å². The van der Waals surface area contributed by atoms with E-state index in [1.54, 1.807) is 0 Å². The third-order valence-corrected chi connectivity index (χ3v) is 4.15. The Labute approximate surface area is 129 Å². The van der Waals surface area contributed by atoms with E-state index in [2.05, 4.69) is 71.6 Å². The maximum absolute atomic E-state index is 5.71. The largest absolute Gasteiger partial charge is 0.271 e. The summed E-state index contributed by atoms with van der Waals surface area (Å²) in [5.74, 6) is 5.71. The predicted octanol–water partition coefficient (Wildman–Crippen LogP) is 3.68. The van der Waals surface area contributed by atoms with Gasteiger partial charge in [-0.1, -0.05) is 46.3 Å². The van der Waals surface area contributed by atoms with Gasteiger partial charge in [-0.3, -0.25) is 11.3 Å². The second-order valence-electron chi connectivity index (χ2n) is 5.32. The Kier molecular flexibility index (Phi) is 5.35. The maximum atomic E-state index is 5.71. The number of nitrogens with two attached hydrogens (primary N) is 1. The molecule has 2 aromatic rings. The maximum Gasteiger partial charge on any atom is 0.0291 e. The van der Waals surface area contributed by atoms with Gasteiger partial charge in [0.15, 0.2) is 0 Å². The van der Waals surface area contributed by atoms with E-state index < -0.39 is 0 Å². The van der Waals surface area contributed by atoms with Gasteiger partial charge in [0.2, 0.25) is 0 Å². The molecule has 2 rings (SSSR count). The van der Waals surface area contributed by atoms with Gasteiger partial charge < -0.3 is 0 Å². The molecule has 3 heteroatoms. The molecule has 1 unspecified atom stereocenters. The van der Waals surface area contributed by atoms with Crippen molar-refractivity contribution in [2.24, 2.45) is 5.84 Å². The lowest BCUT2D eigenvalue weighted by Gasteiger charge is -2.17. The molecule has 2 aromatic carbocycles. The SMILES string of the molecule is Cc1ccc(CC(Cc2cccc(Br)c2)NN)cc1C. The Morgan fingerprint density at radius 2 is 1.70 bits per heavy atom. The number of halogens is 1. The zero-order chi connectivity index (χ0) is 14.5. The lowest BCUT2D eigenvalue weighted by Crippen LogP contribution is -2.38. The van der Waals surface area contributed by atoms with Gasteiger partial charge in [0, 0.05) is 10.5 Å². The monoisotopic (exact) mass is 332 g/mol. The van der Waals surface area contributed by atoms with E-state index in [1.807, 2.05) is 6.07 Å². The van der Waals surface area contributed by atoms with Crippen molar-refractivity contribution in [1.29, 1.82) is 0 Å². The summed E-state index contributed by atoms with van der Waals surface area (Å²) in [6, 6.07) is 15.2. The number of benzene rings is 2. The van der Waals surface area contributed by atoms with Crippen molar-refractivity contribution in [2.45, 2.75) is 32.7 Å². The minimum absolute atomic E-state index is 0.242. The van der Waals surface area contributed by atoms with E-state index in [9.17, 15) is 0 Å². The van der Waals surface area contributed by atoms with Gasteiger partial charge in [-0.2, -0.15) is 0 Å². The van der Waals surface area contributed by atoms with Crippen molar-refractivity contribution in [2.75, 3.05) is 0 Å². The molecule has 0 heterocycles. The second-order valence-corrected chi connectivity index (χ2v) is 6.24. The smallest absolute Gasteiger partial charge is 0.0291 e. The second kappa shape index (κ2) is 7.02. The summed E-state index contributed by atoms with van der Waals surface area (Å²) < 4.78 is 1.11. The van der Waals surface area contributed by atoms with E-state index in [4.69, 9.17) is 5.84 Å². The topological polar surface area (TPSA) is 38.0 Å². The highest BCUT2D eigenvalue weighted by atomic mass is 79.9. The third kappa shape index (κ3) is 4.17. The first-order chi connectivity index (χ1) is 9.58. The molecule has 0 aromatic heterocycles. The predicted molar refractivity (Wildman–Crippen MR) is 88.6 cm³/mol. The fourth-order valence-electron chi connectivity index (χ4n) is 2.35. The van der Waals surface area contributed by atoms with Gasteiger partial charge in [0.1, 0.15) is 0 Å². The van der Waals surface area contributed by atoms with Gasteiger partial charge in [-0.15, -0.1) is 0 Å². The Morgan fingerprint density at radius 3 is 2.30 bits per heavy atom. The van der Waals surface area contributed by atoms with Crippen LogP contribution in [0.25, 0.3) is 0 Å². The molecule has 2 nitrogen and oxygen atoms in total. The molecule has 0 aliphatic heterocycles. The van der Waals surface area contributed by atoms with E-state index in [1.165, 1.54) is 22.3 Å². The van der Waals surface area contributed by atoms with Crippen LogP contribution in [-0.4, -0.2) is 6.04 Å². The van der Waals surface area contributed by atoms with Crippen LogP contribution in [0.2, 0.25) is 0 Å². The first-order valence-electron chi connectivity index (χ1n) is 6.85. The molecule has 0 aliphatic carbocycles. The summed E-state index contributed by atoms with van der Waals surface area (Å²) in [6.45, 7) is 4.29. The molecule has 20 heavy (non-hydrogen) atoms. The highest BCUT2D eigenvalue weighted by molar-refractivity contribution is 9.10. The number of hydrogen-bond acceptors (Lipinski definition) is 2. The van der Waals surface area contributed by atoms with Crippen molar-refractivity contribution in [3.05, 3.63) is 69.2 Å². The molecular weight excluding hydrogens is 312 g/mol. The number of aryl methyl sites for hydroxylation is 2. The molecule has 106 valence electrons. The molecule has 1 atom stereocenters. The number of rotatable bonds is 5. The van der Waals surface area contributed by atoms with Crippen molar-refractivity contribution < 1.29 is 0 Å². The van der Waals surface area contributed by atoms with E-state index in [-0.39, 0.29) is 6.04 Å². The van der Waals surface area contributed by atoms with Crippen LogP contribution in [0.3, 0.4) is 0 Å². The molecule has 0 saturated carbocycles. The normalized spacial score (nSPS) is 12.4. The summed E-state index contributed by atoms with van der Waals surface area (Å²) in [6.07, 6.45) is 1.85. The van der Waals surface area contributed by atoms with Crippen LogP contribution < -0.4 is 11.3 Å².